The van der Waals surface area contributed by atoms with E-state index in [1.54, 1.807) is 24.3 Å². The number of hydrogen-bond donors (Lipinski definition) is 1. The minimum absolute atomic E-state index is 0.0467. The molecular formula is C14H8ClF3INO. The molecule has 0 atom stereocenters. The Morgan fingerprint density at radius 3 is 2.43 bits per heavy atom. The fraction of sp³-hybridized carbons (Fsp3) is 0.0714. The van der Waals surface area contributed by atoms with Crippen molar-refractivity contribution in [2.45, 2.75) is 6.18 Å². The zero-order valence-electron chi connectivity index (χ0n) is 10.3. The Labute approximate surface area is 137 Å². The first-order valence-corrected chi connectivity index (χ1v) is 7.17. The Hall–Kier alpha value is -1.28. The molecule has 0 bridgehead atoms. The monoisotopic (exact) mass is 425 g/mol. The largest absolute Gasteiger partial charge is 0.418 e. The molecule has 1 amide bonds. The van der Waals surface area contributed by atoms with Crippen molar-refractivity contribution < 1.29 is 18.0 Å². The molecule has 0 heterocycles. The number of amides is 1. The van der Waals surface area contributed by atoms with Gasteiger partial charge in [0.2, 0.25) is 0 Å². The molecule has 2 aromatic carbocycles. The SMILES string of the molecule is O=C(Nc1ccc(Cl)cc1C(F)(F)F)c1ccccc1I. The van der Waals surface area contributed by atoms with Gasteiger partial charge in [-0.15, -0.1) is 0 Å². The van der Waals surface area contributed by atoms with Gasteiger partial charge in [0.25, 0.3) is 5.91 Å². The summed E-state index contributed by atoms with van der Waals surface area (Å²) >= 11 is 7.53. The summed E-state index contributed by atoms with van der Waals surface area (Å²) in [7, 11) is 0. The molecule has 110 valence electrons. The topological polar surface area (TPSA) is 29.1 Å². The summed E-state index contributed by atoms with van der Waals surface area (Å²) in [6.45, 7) is 0. The van der Waals surface area contributed by atoms with Gasteiger partial charge in [0.1, 0.15) is 0 Å². The predicted molar refractivity (Wildman–Crippen MR) is 83.6 cm³/mol. The van der Waals surface area contributed by atoms with Crippen molar-refractivity contribution in [1.29, 1.82) is 0 Å². The van der Waals surface area contributed by atoms with Crippen LogP contribution in [0.15, 0.2) is 42.5 Å². The molecule has 0 saturated carbocycles. The molecule has 7 heteroatoms. The van der Waals surface area contributed by atoms with Crippen LogP contribution >= 0.6 is 34.2 Å². The average molecular weight is 426 g/mol. The van der Waals surface area contributed by atoms with E-state index >= 15 is 0 Å². The molecule has 0 radical (unpaired) electrons. The Balaban J connectivity index is 2.36. The predicted octanol–water partition coefficient (Wildman–Crippen LogP) is 5.22. The Kier molecular flexibility index (Phi) is 4.77. The van der Waals surface area contributed by atoms with E-state index in [1.165, 1.54) is 6.07 Å². The summed E-state index contributed by atoms with van der Waals surface area (Å²) in [4.78, 5) is 12.1. The van der Waals surface area contributed by atoms with Gasteiger partial charge in [0, 0.05) is 8.59 Å². The lowest BCUT2D eigenvalue weighted by atomic mass is 10.1. The Morgan fingerprint density at radius 2 is 1.81 bits per heavy atom. The zero-order valence-corrected chi connectivity index (χ0v) is 13.3. The van der Waals surface area contributed by atoms with Crippen LogP contribution in [0.1, 0.15) is 15.9 Å². The number of carbonyl (C=O) groups is 1. The minimum Gasteiger partial charge on any atom is -0.321 e. The van der Waals surface area contributed by atoms with Crippen molar-refractivity contribution in [2.24, 2.45) is 0 Å². The molecule has 0 aromatic heterocycles. The van der Waals surface area contributed by atoms with Crippen molar-refractivity contribution in [1.82, 2.24) is 0 Å². The van der Waals surface area contributed by atoms with Crippen molar-refractivity contribution in [3.05, 3.63) is 62.2 Å². The molecule has 1 N–H and O–H groups in total. The molecule has 0 aliphatic heterocycles. The number of hydrogen-bond acceptors (Lipinski definition) is 1. The van der Waals surface area contributed by atoms with E-state index in [2.05, 4.69) is 5.32 Å². The number of carbonyl (C=O) groups excluding carboxylic acids is 1. The maximum Gasteiger partial charge on any atom is 0.418 e. The number of nitrogens with one attached hydrogen (secondary N) is 1. The Bertz CT molecular complexity index is 688. The zero-order chi connectivity index (χ0) is 15.6. The first-order valence-electron chi connectivity index (χ1n) is 5.71. The van der Waals surface area contributed by atoms with Crippen molar-refractivity contribution in [2.75, 3.05) is 5.32 Å². The fourth-order valence-electron chi connectivity index (χ4n) is 1.70. The summed E-state index contributed by atoms with van der Waals surface area (Å²) in [5, 5.41) is 2.23. The van der Waals surface area contributed by atoms with Gasteiger partial charge in [-0.3, -0.25) is 4.79 Å². The molecule has 0 saturated heterocycles. The first-order chi connectivity index (χ1) is 9.79. The number of alkyl halides is 3. The van der Waals surface area contributed by atoms with E-state index < -0.39 is 17.6 Å². The maximum absolute atomic E-state index is 12.9. The fourth-order valence-corrected chi connectivity index (χ4v) is 2.50. The van der Waals surface area contributed by atoms with Crippen LogP contribution < -0.4 is 5.32 Å². The van der Waals surface area contributed by atoms with Gasteiger partial charge in [0.05, 0.1) is 16.8 Å². The van der Waals surface area contributed by atoms with E-state index in [0.29, 0.717) is 9.13 Å². The molecule has 0 fully saturated rings. The number of benzene rings is 2. The highest BCUT2D eigenvalue weighted by Crippen LogP contribution is 2.36. The minimum atomic E-state index is -4.60. The first kappa shape index (κ1) is 16.1. The van der Waals surface area contributed by atoms with Crippen LogP contribution in [0.3, 0.4) is 0 Å². The van der Waals surface area contributed by atoms with E-state index in [-0.39, 0.29) is 10.7 Å². The molecule has 2 rings (SSSR count). The van der Waals surface area contributed by atoms with Crippen molar-refractivity contribution >= 4 is 45.8 Å². The second-order valence-electron chi connectivity index (χ2n) is 4.12. The van der Waals surface area contributed by atoms with E-state index in [0.717, 1.165) is 12.1 Å². The van der Waals surface area contributed by atoms with E-state index in [4.69, 9.17) is 11.6 Å². The highest BCUT2D eigenvalue weighted by atomic mass is 127. The molecule has 21 heavy (non-hydrogen) atoms. The third kappa shape index (κ3) is 3.88. The van der Waals surface area contributed by atoms with Crippen LogP contribution in [0, 0.1) is 3.57 Å². The standard InChI is InChI=1S/C14H8ClF3INO/c15-8-5-6-12(10(7-8)14(16,17)18)20-13(21)9-3-1-2-4-11(9)19/h1-7H,(H,20,21). The normalized spacial score (nSPS) is 11.3. The molecule has 0 aliphatic rings. The lowest BCUT2D eigenvalue weighted by Crippen LogP contribution is -2.17. The van der Waals surface area contributed by atoms with Gasteiger partial charge in [-0.1, -0.05) is 23.7 Å². The number of halogens is 5. The van der Waals surface area contributed by atoms with E-state index in [9.17, 15) is 18.0 Å². The lowest BCUT2D eigenvalue weighted by Gasteiger charge is -2.14. The smallest absolute Gasteiger partial charge is 0.321 e. The average Bonchev–Trinajstić information content (AvgIpc) is 2.40. The highest BCUT2D eigenvalue weighted by molar-refractivity contribution is 14.1. The molecule has 0 unspecified atom stereocenters. The summed E-state index contributed by atoms with van der Waals surface area (Å²) in [5.41, 5.74) is -0.994. The third-order valence-corrected chi connectivity index (χ3v) is 3.83. The second kappa shape index (κ2) is 6.23. The van der Waals surface area contributed by atoms with Crippen LogP contribution in [-0.2, 0) is 6.18 Å². The van der Waals surface area contributed by atoms with Crippen molar-refractivity contribution in [3.63, 3.8) is 0 Å². The summed E-state index contributed by atoms with van der Waals surface area (Å²) < 4.78 is 39.5. The van der Waals surface area contributed by atoms with Crippen LogP contribution in [0.4, 0.5) is 18.9 Å². The molecule has 2 nitrogen and oxygen atoms in total. The summed E-state index contributed by atoms with van der Waals surface area (Å²) in [6, 6.07) is 9.84. The second-order valence-corrected chi connectivity index (χ2v) is 5.72. The lowest BCUT2D eigenvalue weighted by molar-refractivity contribution is -0.136. The highest BCUT2D eigenvalue weighted by Gasteiger charge is 2.34. The van der Waals surface area contributed by atoms with Crippen LogP contribution in [0.25, 0.3) is 0 Å². The summed E-state index contributed by atoms with van der Waals surface area (Å²) in [6.07, 6.45) is -4.60. The number of rotatable bonds is 2. The van der Waals surface area contributed by atoms with Gasteiger partial charge < -0.3 is 5.32 Å². The van der Waals surface area contributed by atoms with E-state index in [1.807, 2.05) is 22.6 Å². The quantitative estimate of drug-likeness (QED) is 0.657. The van der Waals surface area contributed by atoms with Gasteiger partial charge in [-0.25, -0.2) is 0 Å². The van der Waals surface area contributed by atoms with Gasteiger partial charge in [-0.05, 0) is 52.9 Å². The van der Waals surface area contributed by atoms with Gasteiger partial charge in [0.15, 0.2) is 0 Å². The molecule has 2 aromatic rings. The van der Waals surface area contributed by atoms with Crippen molar-refractivity contribution in [3.8, 4) is 0 Å². The summed E-state index contributed by atoms with van der Waals surface area (Å²) in [5.74, 6) is -0.604. The van der Waals surface area contributed by atoms with Crippen LogP contribution in [0.5, 0.6) is 0 Å². The molecular weight excluding hydrogens is 418 g/mol. The molecule has 0 aliphatic carbocycles. The Morgan fingerprint density at radius 1 is 1.14 bits per heavy atom. The van der Waals surface area contributed by atoms with Gasteiger partial charge >= 0.3 is 6.18 Å². The third-order valence-electron chi connectivity index (χ3n) is 2.65. The van der Waals surface area contributed by atoms with Crippen LogP contribution in [-0.4, -0.2) is 5.91 Å². The van der Waals surface area contributed by atoms with Crippen LogP contribution in [0.2, 0.25) is 5.02 Å². The maximum atomic E-state index is 12.9. The van der Waals surface area contributed by atoms with Gasteiger partial charge in [-0.2, -0.15) is 13.2 Å². The molecule has 0 spiro atoms. The number of anilines is 1.